The molecule has 28 heavy (non-hydrogen) atoms. The summed E-state index contributed by atoms with van der Waals surface area (Å²) >= 11 is 0. The van der Waals surface area contributed by atoms with Gasteiger partial charge in [0.25, 0.3) is 0 Å². The van der Waals surface area contributed by atoms with Crippen LogP contribution in [0.15, 0.2) is 48.5 Å². The van der Waals surface area contributed by atoms with Gasteiger partial charge in [0.15, 0.2) is 0 Å². The van der Waals surface area contributed by atoms with E-state index in [1.165, 1.54) is 5.56 Å². The lowest BCUT2D eigenvalue weighted by Gasteiger charge is -2.29. The van der Waals surface area contributed by atoms with Gasteiger partial charge in [-0.3, -0.25) is 0 Å². The summed E-state index contributed by atoms with van der Waals surface area (Å²) in [6.07, 6.45) is 2.74. The van der Waals surface area contributed by atoms with Crippen molar-refractivity contribution in [3.8, 4) is 5.75 Å². The fourth-order valence-corrected chi connectivity index (χ4v) is 3.19. The van der Waals surface area contributed by atoms with E-state index in [1.54, 1.807) is 23.1 Å². The number of hydrogen-bond acceptors (Lipinski definition) is 4. The molecule has 0 aliphatic carbocycles. The number of urea groups is 1. The molecule has 1 atom stereocenters. The van der Waals surface area contributed by atoms with Gasteiger partial charge < -0.3 is 14.4 Å². The monoisotopic (exact) mass is 404 g/mol. The second-order valence-electron chi connectivity index (χ2n) is 6.80. The number of carbonyl (C=O) groups excluding carboxylic acids is 1. The van der Waals surface area contributed by atoms with Crippen LogP contribution in [0.1, 0.15) is 38.3 Å². The molecule has 7 heteroatoms. The third-order valence-electron chi connectivity index (χ3n) is 4.50. The SMILES string of the molecule is CCc1ccc(NC(=O)N(Cc2cccc(OS(C)(=O)=O)c2)C(C)CC)cc1. The topological polar surface area (TPSA) is 75.7 Å². The van der Waals surface area contributed by atoms with Crippen LogP contribution in [0.4, 0.5) is 10.5 Å². The highest BCUT2D eigenvalue weighted by atomic mass is 32.2. The number of rotatable bonds is 8. The third-order valence-corrected chi connectivity index (χ3v) is 4.99. The van der Waals surface area contributed by atoms with Crippen molar-refractivity contribution < 1.29 is 17.4 Å². The van der Waals surface area contributed by atoms with Crippen LogP contribution in [-0.4, -0.2) is 31.6 Å². The summed E-state index contributed by atoms with van der Waals surface area (Å²) < 4.78 is 27.6. The molecule has 0 radical (unpaired) electrons. The Balaban J connectivity index is 2.16. The Morgan fingerprint density at radius 2 is 1.79 bits per heavy atom. The first kappa shape index (κ1) is 21.8. The van der Waals surface area contributed by atoms with Crippen molar-refractivity contribution in [1.29, 1.82) is 0 Å². The first-order valence-corrected chi connectivity index (χ1v) is 11.2. The molecule has 2 amide bonds. The van der Waals surface area contributed by atoms with E-state index >= 15 is 0 Å². The number of amides is 2. The molecule has 0 fully saturated rings. The lowest BCUT2D eigenvalue weighted by Crippen LogP contribution is -2.40. The maximum Gasteiger partial charge on any atom is 0.322 e. The third kappa shape index (κ3) is 6.56. The number of carbonyl (C=O) groups is 1. The highest BCUT2D eigenvalue weighted by molar-refractivity contribution is 7.86. The maximum absolute atomic E-state index is 12.9. The molecular formula is C21H28N2O4S. The van der Waals surface area contributed by atoms with Gasteiger partial charge in [-0.2, -0.15) is 8.42 Å². The van der Waals surface area contributed by atoms with Crippen molar-refractivity contribution in [3.63, 3.8) is 0 Å². The second-order valence-corrected chi connectivity index (χ2v) is 8.38. The Labute approximate surface area is 167 Å². The average Bonchev–Trinajstić information content (AvgIpc) is 2.65. The summed E-state index contributed by atoms with van der Waals surface area (Å²) in [7, 11) is -3.60. The van der Waals surface area contributed by atoms with E-state index in [2.05, 4.69) is 12.2 Å². The minimum Gasteiger partial charge on any atom is -0.383 e. The van der Waals surface area contributed by atoms with Gasteiger partial charge in [-0.25, -0.2) is 4.79 Å². The van der Waals surface area contributed by atoms with Crippen molar-refractivity contribution in [1.82, 2.24) is 4.90 Å². The van der Waals surface area contributed by atoms with Crippen LogP contribution in [0.2, 0.25) is 0 Å². The normalized spacial score (nSPS) is 12.3. The molecule has 1 N–H and O–H groups in total. The smallest absolute Gasteiger partial charge is 0.322 e. The molecule has 0 bridgehead atoms. The van der Waals surface area contributed by atoms with Gasteiger partial charge in [-0.05, 0) is 55.2 Å². The average molecular weight is 405 g/mol. The van der Waals surface area contributed by atoms with Gasteiger partial charge in [0.2, 0.25) is 0 Å². The van der Waals surface area contributed by atoms with Crippen molar-refractivity contribution in [2.45, 2.75) is 46.2 Å². The highest BCUT2D eigenvalue weighted by Gasteiger charge is 2.20. The number of nitrogens with one attached hydrogen (secondary N) is 1. The van der Waals surface area contributed by atoms with Crippen LogP contribution in [0.3, 0.4) is 0 Å². The lowest BCUT2D eigenvalue weighted by atomic mass is 10.1. The van der Waals surface area contributed by atoms with Crippen LogP contribution >= 0.6 is 0 Å². The van der Waals surface area contributed by atoms with E-state index in [4.69, 9.17) is 4.18 Å². The minimum absolute atomic E-state index is 0.00870. The molecule has 2 aromatic rings. The van der Waals surface area contributed by atoms with Gasteiger partial charge in [-0.15, -0.1) is 0 Å². The van der Waals surface area contributed by atoms with E-state index in [-0.39, 0.29) is 17.8 Å². The lowest BCUT2D eigenvalue weighted by molar-refractivity contribution is 0.187. The Hall–Kier alpha value is -2.54. The first-order valence-electron chi connectivity index (χ1n) is 9.36. The van der Waals surface area contributed by atoms with E-state index in [0.29, 0.717) is 6.54 Å². The van der Waals surface area contributed by atoms with E-state index in [1.807, 2.05) is 44.2 Å². The van der Waals surface area contributed by atoms with E-state index in [9.17, 15) is 13.2 Å². The minimum atomic E-state index is -3.60. The molecule has 0 saturated carbocycles. The molecular weight excluding hydrogens is 376 g/mol. The number of aryl methyl sites for hydroxylation is 1. The highest BCUT2D eigenvalue weighted by Crippen LogP contribution is 2.19. The summed E-state index contributed by atoms with van der Waals surface area (Å²) in [4.78, 5) is 14.6. The van der Waals surface area contributed by atoms with Crippen LogP contribution < -0.4 is 9.50 Å². The summed E-state index contributed by atoms with van der Waals surface area (Å²) in [5.74, 6) is 0.236. The zero-order chi connectivity index (χ0) is 20.7. The number of hydrogen-bond donors (Lipinski definition) is 1. The Bertz CT molecular complexity index is 895. The number of anilines is 1. The Morgan fingerprint density at radius 1 is 1.11 bits per heavy atom. The summed E-state index contributed by atoms with van der Waals surface area (Å²) in [5.41, 5.74) is 2.74. The van der Waals surface area contributed by atoms with E-state index < -0.39 is 10.1 Å². The number of nitrogens with zero attached hydrogens (tertiary/aromatic N) is 1. The zero-order valence-electron chi connectivity index (χ0n) is 16.8. The molecule has 0 aliphatic rings. The van der Waals surface area contributed by atoms with Crippen LogP contribution in [0.5, 0.6) is 5.75 Å². The predicted octanol–water partition coefficient (Wildman–Crippen LogP) is 4.42. The van der Waals surface area contributed by atoms with Gasteiger partial charge in [0.05, 0.1) is 6.26 Å². The van der Waals surface area contributed by atoms with Gasteiger partial charge >= 0.3 is 16.1 Å². The zero-order valence-corrected chi connectivity index (χ0v) is 17.6. The molecule has 0 spiro atoms. The fraction of sp³-hybridized carbons (Fsp3) is 0.381. The van der Waals surface area contributed by atoms with Gasteiger partial charge in [0.1, 0.15) is 5.75 Å². The van der Waals surface area contributed by atoms with Crippen LogP contribution in [0.25, 0.3) is 0 Å². The number of benzene rings is 2. The quantitative estimate of drug-likeness (QED) is 0.661. The Kier molecular flexibility index (Phi) is 7.45. The van der Waals surface area contributed by atoms with Crippen LogP contribution in [-0.2, 0) is 23.1 Å². The van der Waals surface area contributed by atoms with Crippen molar-refractivity contribution in [2.24, 2.45) is 0 Å². The van der Waals surface area contributed by atoms with Crippen molar-refractivity contribution in [2.75, 3.05) is 11.6 Å². The summed E-state index contributed by atoms with van der Waals surface area (Å²) in [6.45, 7) is 6.43. The fourth-order valence-electron chi connectivity index (χ4n) is 2.73. The van der Waals surface area contributed by atoms with Gasteiger partial charge in [0, 0.05) is 18.3 Å². The molecule has 0 saturated heterocycles. The maximum atomic E-state index is 12.9. The molecule has 152 valence electrons. The molecule has 0 aliphatic heterocycles. The predicted molar refractivity (Wildman–Crippen MR) is 112 cm³/mol. The molecule has 2 aromatic carbocycles. The van der Waals surface area contributed by atoms with Gasteiger partial charge in [-0.1, -0.05) is 38.1 Å². The molecule has 1 unspecified atom stereocenters. The first-order chi connectivity index (χ1) is 13.2. The standard InChI is InChI=1S/C21H28N2O4S/c1-5-16(3)23(21(24)22-19-12-10-17(6-2)11-13-19)15-18-8-7-9-20(14-18)27-28(4,25)26/h7-14,16H,5-6,15H2,1-4H3,(H,22,24). The van der Waals surface area contributed by atoms with Crippen LogP contribution in [0, 0.1) is 0 Å². The van der Waals surface area contributed by atoms with Crippen molar-refractivity contribution >= 4 is 21.8 Å². The van der Waals surface area contributed by atoms with E-state index in [0.717, 1.165) is 30.3 Å². The van der Waals surface area contributed by atoms with Crippen molar-refractivity contribution in [3.05, 3.63) is 59.7 Å². The molecule has 0 aromatic heterocycles. The second kappa shape index (κ2) is 9.59. The summed E-state index contributed by atoms with van der Waals surface area (Å²) in [6, 6.07) is 14.4. The molecule has 0 heterocycles. The molecule has 2 rings (SSSR count). The molecule has 6 nitrogen and oxygen atoms in total. The Morgan fingerprint density at radius 3 is 2.36 bits per heavy atom. The largest absolute Gasteiger partial charge is 0.383 e. The summed E-state index contributed by atoms with van der Waals surface area (Å²) in [5, 5.41) is 2.94.